The minimum Gasteiger partial charge on any atom is -0.0851 e. The summed E-state index contributed by atoms with van der Waals surface area (Å²) in [6.45, 7) is 2.43. The maximum absolute atomic E-state index is 2.54. The van der Waals surface area contributed by atoms with Gasteiger partial charge in [0, 0.05) is 0 Å². The lowest BCUT2D eigenvalue weighted by atomic mass is 9.77. The van der Waals surface area contributed by atoms with E-state index in [0.29, 0.717) is 0 Å². The van der Waals surface area contributed by atoms with Crippen LogP contribution >= 0.6 is 0 Å². The van der Waals surface area contributed by atoms with E-state index in [-0.39, 0.29) is 0 Å². The summed E-state index contributed by atoms with van der Waals surface area (Å²) in [4.78, 5) is 0. The second-order valence-corrected chi connectivity index (χ2v) is 8.08. The molecule has 0 aromatic heterocycles. The average molecular weight is 270 g/mol. The van der Waals surface area contributed by atoms with Gasteiger partial charge in [0.1, 0.15) is 0 Å². The summed E-state index contributed by atoms with van der Waals surface area (Å²) in [6, 6.07) is 0. The molecule has 110 valence electrons. The molecule has 0 aliphatic heterocycles. The fourth-order valence-electron chi connectivity index (χ4n) is 5.96. The Morgan fingerprint density at radius 3 is 2.20 bits per heavy atom. The SMILES string of the molecule is CCC(CCCC1CC2C=CC1C2)C1CC2C=CC1C2. The molecule has 4 aliphatic carbocycles. The molecule has 0 heteroatoms. The fraction of sp³-hybridized carbons (Fsp3) is 0.800. The van der Waals surface area contributed by atoms with Crippen LogP contribution in [0.2, 0.25) is 0 Å². The molecular weight excluding hydrogens is 240 g/mol. The van der Waals surface area contributed by atoms with Gasteiger partial charge in [-0.2, -0.15) is 0 Å². The fourth-order valence-corrected chi connectivity index (χ4v) is 5.96. The molecule has 4 rings (SSSR count). The maximum Gasteiger partial charge on any atom is -0.0197 e. The molecule has 20 heavy (non-hydrogen) atoms. The Kier molecular flexibility index (Phi) is 3.52. The minimum absolute atomic E-state index is 0.953. The van der Waals surface area contributed by atoms with E-state index in [4.69, 9.17) is 0 Å². The van der Waals surface area contributed by atoms with Crippen LogP contribution in [0.15, 0.2) is 24.3 Å². The third kappa shape index (κ3) is 2.30. The van der Waals surface area contributed by atoms with E-state index in [2.05, 4.69) is 31.2 Å². The monoisotopic (exact) mass is 270 g/mol. The number of fused-ring (bicyclic) bond motifs is 4. The highest BCUT2D eigenvalue weighted by atomic mass is 14.4. The molecule has 2 fully saturated rings. The summed E-state index contributed by atoms with van der Waals surface area (Å²) < 4.78 is 0. The summed E-state index contributed by atoms with van der Waals surface area (Å²) in [5.41, 5.74) is 0. The number of rotatable bonds is 6. The van der Waals surface area contributed by atoms with E-state index in [1.165, 1.54) is 51.4 Å². The lowest BCUT2D eigenvalue weighted by Crippen LogP contribution is -2.19. The van der Waals surface area contributed by atoms with Crippen molar-refractivity contribution >= 4 is 0 Å². The van der Waals surface area contributed by atoms with Crippen molar-refractivity contribution in [3.05, 3.63) is 24.3 Å². The Labute approximate surface area is 124 Å². The lowest BCUT2D eigenvalue weighted by molar-refractivity contribution is 0.248. The quantitative estimate of drug-likeness (QED) is 0.550. The maximum atomic E-state index is 2.54. The van der Waals surface area contributed by atoms with Crippen LogP contribution < -0.4 is 0 Å². The molecule has 0 saturated heterocycles. The van der Waals surface area contributed by atoms with Crippen molar-refractivity contribution in [3.8, 4) is 0 Å². The first kappa shape index (κ1) is 13.2. The van der Waals surface area contributed by atoms with Gasteiger partial charge in [0.25, 0.3) is 0 Å². The van der Waals surface area contributed by atoms with Crippen LogP contribution in [-0.4, -0.2) is 0 Å². The van der Waals surface area contributed by atoms with Crippen LogP contribution in [0.4, 0.5) is 0 Å². The van der Waals surface area contributed by atoms with Crippen LogP contribution in [0.5, 0.6) is 0 Å². The molecule has 0 heterocycles. The molecule has 2 saturated carbocycles. The average Bonchev–Trinajstić information content (AvgIpc) is 3.22. The van der Waals surface area contributed by atoms with Gasteiger partial charge >= 0.3 is 0 Å². The Balaban J connectivity index is 1.26. The molecule has 0 nitrogen and oxygen atoms in total. The van der Waals surface area contributed by atoms with E-state index >= 15 is 0 Å². The van der Waals surface area contributed by atoms with Gasteiger partial charge in [-0.25, -0.2) is 0 Å². The molecule has 7 unspecified atom stereocenters. The van der Waals surface area contributed by atoms with Crippen molar-refractivity contribution in [2.75, 3.05) is 0 Å². The smallest absolute Gasteiger partial charge is 0.0197 e. The first-order chi connectivity index (χ1) is 9.83. The first-order valence-corrected chi connectivity index (χ1v) is 9.20. The molecule has 4 aliphatic rings. The highest BCUT2D eigenvalue weighted by Gasteiger charge is 2.39. The first-order valence-electron chi connectivity index (χ1n) is 9.20. The van der Waals surface area contributed by atoms with Gasteiger partial charge in [-0.3, -0.25) is 0 Å². The normalized spacial score (nSPS) is 45.6. The largest absolute Gasteiger partial charge is 0.0851 e. The summed E-state index contributed by atoms with van der Waals surface area (Å²) in [7, 11) is 0. The van der Waals surface area contributed by atoms with Crippen molar-refractivity contribution in [1.29, 1.82) is 0 Å². The van der Waals surface area contributed by atoms with Crippen LogP contribution in [0.1, 0.15) is 58.3 Å². The molecule has 0 aromatic rings. The van der Waals surface area contributed by atoms with Gasteiger partial charge in [-0.05, 0) is 73.5 Å². The minimum atomic E-state index is 0.953. The Hall–Kier alpha value is -0.520. The zero-order valence-corrected chi connectivity index (χ0v) is 13.0. The molecule has 0 N–H and O–H groups in total. The number of allylic oxidation sites excluding steroid dienone is 4. The van der Waals surface area contributed by atoms with Crippen LogP contribution in [0.3, 0.4) is 0 Å². The highest BCUT2D eigenvalue weighted by Crippen LogP contribution is 2.49. The van der Waals surface area contributed by atoms with Gasteiger partial charge in [0.05, 0.1) is 0 Å². The van der Waals surface area contributed by atoms with E-state index in [0.717, 1.165) is 41.4 Å². The summed E-state index contributed by atoms with van der Waals surface area (Å²) >= 11 is 0. The third-order valence-corrected chi connectivity index (χ3v) is 7.03. The van der Waals surface area contributed by atoms with Gasteiger partial charge in [0.15, 0.2) is 0 Å². The lowest BCUT2D eigenvalue weighted by Gasteiger charge is -2.28. The van der Waals surface area contributed by atoms with Gasteiger partial charge in [-0.15, -0.1) is 0 Å². The van der Waals surface area contributed by atoms with Gasteiger partial charge < -0.3 is 0 Å². The van der Waals surface area contributed by atoms with Crippen LogP contribution in [0, 0.1) is 41.4 Å². The molecule has 0 aromatic carbocycles. The van der Waals surface area contributed by atoms with E-state index < -0.39 is 0 Å². The Morgan fingerprint density at radius 2 is 1.65 bits per heavy atom. The predicted molar refractivity (Wildman–Crippen MR) is 85.3 cm³/mol. The van der Waals surface area contributed by atoms with Gasteiger partial charge in [-0.1, -0.05) is 50.5 Å². The van der Waals surface area contributed by atoms with Crippen molar-refractivity contribution in [3.63, 3.8) is 0 Å². The molecule has 7 atom stereocenters. The predicted octanol–water partition coefficient (Wildman–Crippen LogP) is 5.61. The van der Waals surface area contributed by atoms with Crippen LogP contribution in [-0.2, 0) is 0 Å². The molecule has 4 bridgehead atoms. The summed E-state index contributed by atoms with van der Waals surface area (Å²) in [6.07, 6.45) is 22.0. The van der Waals surface area contributed by atoms with Crippen molar-refractivity contribution in [2.45, 2.75) is 58.3 Å². The molecule has 0 amide bonds. The zero-order valence-electron chi connectivity index (χ0n) is 13.0. The summed E-state index contributed by atoms with van der Waals surface area (Å²) in [5, 5.41) is 0. The van der Waals surface area contributed by atoms with E-state index in [1.54, 1.807) is 0 Å². The zero-order chi connectivity index (χ0) is 13.5. The van der Waals surface area contributed by atoms with Crippen molar-refractivity contribution in [2.24, 2.45) is 41.4 Å². The molecule has 0 spiro atoms. The van der Waals surface area contributed by atoms with E-state index in [9.17, 15) is 0 Å². The molecular formula is C20H30. The Bertz CT molecular complexity index is 404. The number of hydrogen-bond acceptors (Lipinski definition) is 0. The number of hydrogen-bond donors (Lipinski definition) is 0. The van der Waals surface area contributed by atoms with E-state index in [1.807, 2.05) is 0 Å². The van der Waals surface area contributed by atoms with Crippen molar-refractivity contribution in [1.82, 2.24) is 0 Å². The third-order valence-electron chi connectivity index (χ3n) is 7.03. The second kappa shape index (κ2) is 5.35. The van der Waals surface area contributed by atoms with Crippen LogP contribution in [0.25, 0.3) is 0 Å². The van der Waals surface area contributed by atoms with Crippen molar-refractivity contribution < 1.29 is 0 Å². The standard InChI is InChI=1S/C20H30/c1-2-16(20-13-15-7-9-19(20)12-15)4-3-5-17-10-14-6-8-18(17)11-14/h6-9,14-20H,2-5,10-13H2,1H3. The second-order valence-electron chi connectivity index (χ2n) is 8.08. The topological polar surface area (TPSA) is 0 Å². The molecule has 0 radical (unpaired) electrons. The highest BCUT2D eigenvalue weighted by molar-refractivity contribution is 5.11. The van der Waals surface area contributed by atoms with Gasteiger partial charge in [0.2, 0.25) is 0 Å². The summed E-state index contributed by atoms with van der Waals surface area (Å²) in [5.74, 6) is 6.93. The Morgan fingerprint density at radius 1 is 0.900 bits per heavy atom.